The van der Waals surface area contributed by atoms with Crippen molar-refractivity contribution in [2.45, 2.75) is 51.7 Å². The Kier molecular flexibility index (Phi) is 7.00. The lowest BCUT2D eigenvalue weighted by molar-refractivity contribution is 0.0695. The number of ether oxygens (including phenoxy) is 1. The molecule has 1 aliphatic rings. The zero-order chi connectivity index (χ0) is 15.1. The fourth-order valence-electron chi connectivity index (χ4n) is 2.86. The summed E-state index contributed by atoms with van der Waals surface area (Å²) in [4.78, 5) is 0. The molecule has 0 spiro atoms. The molecule has 3 nitrogen and oxygen atoms in total. The van der Waals surface area contributed by atoms with E-state index in [0.717, 1.165) is 55.6 Å². The number of aliphatic hydroxyl groups excluding tert-OH is 1. The van der Waals surface area contributed by atoms with Gasteiger partial charge in [-0.2, -0.15) is 0 Å². The van der Waals surface area contributed by atoms with Crippen molar-refractivity contribution in [1.82, 2.24) is 5.32 Å². The maximum Gasteiger partial charge on any atom is 0.123 e. The molecule has 21 heavy (non-hydrogen) atoms. The van der Waals surface area contributed by atoms with Crippen molar-refractivity contribution >= 4 is 15.9 Å². The van der Waals surface area contributed by atoms with Crippen LogP contribution < -0.4 is 10.1 Å². The highest BCUT2D eigenvalue weighted by molar-refractivity contribution is 9.10. The fourth-order valence-corrected chi connectivity index (χ4v) is 3.27. The van der Waals surface area contributed by atoms with Crippen LogP contribution in [0, 0.1) is 5.92 Å². The van der Waals surface area contributed by atoms with E-state index >= 15 is 0 Å². The molecule has 1 fully saturated rings. The first-order chi connectivity index (χ1) is 10.2. The Morgan fingerprint density at radius 2 is 2.14 bits per heavy atom. The molecular weight excluding hydrogens is 330 g/mol. The van der Waals surface area contributed by atoms with Crippen LogP contribution in [-0.4, -0.2) is 24.4 Å². The highest BCUT2D eigenvalue weighted by Gasteiger charge is 2.22. The summed E-state index contributed by atoms with van der Waals surface area (Å²) < 4.78 is 6.86. The number of hydrogen-bond donors (Lipinski definition) is 2. The van der Waals surface area contributed by atoms with E-state index in [1.54, 1.807) is 0 Å². The highest BCUT2D eigenvalue weighted by atomic mass is 79.9. The predicted octanol–water partition coefficient (Wildman–Crippen LogP) is 3.88. The summed E-state index contributed by atoms with van der Waals surface area (Å²) in [6, 6.07) is 6.14. The zero-order valence-electron chi connectivity index (χ0n) is 12.8. The Bertz CT molecular complexity index is 439. The summed E-state index contributed by atoms with van der Waals surface area (Å²) in [5.41, 5.74) is 1.17. The average molecular weight is 356 g/mol. The number of aliphatic hydroxyl groups is 1. The predicted molar refractivity (Wildman–Crippen MR) is 89.6 cm³/mol. The van der Waals surface area contributed by atoms with Crippen LogP contribution in [0.15, 0.2) is 22.7 Å². The molecule has 0 radical (unpaired) electrons. The van der Waals surface area contributed by atoms with Crippen LogP contribution >= 0.6 is 15.9 Å². The van der Waals surface area contributed by atoms with Crippen molar-refractivity contribution in [3.63, 3.8) is 0 Å². The molecule has 0 aliphatic heterocycles. The Balaban J connectivity index is 1.87. The number of rotatable bonds is 7. The summed E-state index contributed by atoms with van der Waals surface area (Å²) in [6.07, 6.45) is 5.37. The van der Waals surface area contributed by atoms with E-state index in [1.807, 2.05) is 12.1 Å². The molecule has 118 valence electrons. The van der Waals surface area contributed by atoms with Crippen LogP contribution in [0.3, 0.4) is 0 Å². The molecular formula is C17H26BrNO2. The van der Waals surface area contributed by atoms with Gasteiger partial charge in [-0.25, -0.2) is 0 Å². The Morgan fingerprint density at radius 1 is 1.33 bits per heavy atom. The first-order valence-corrected chi connectivity index (χ1v) is 8.80. The maximum absolute atomic E-state index is 10.0. The molecule has 1 aliphatic carbocycles. The molecule has 1 saturated carbocycles. The molecule has 1 aromatic carbocycles. The van der Waals surface area contributed by atoms with Crippen LogP contribution in [0.4, 0.5) is 0 Å². The normalized spacial score (nSPS) is 22.2. The molecule has 1 aromatic rings. The SMILES string of the molecule is CCCOc1ccc(Br)cc1CNCC1CCCCC1O. The quantitative estimate of drug-likeness (QED) is 0.779. The lowest BCUT2D eigenvalue weighted by Gasteiger charge is -2.27. The van der Waals surface area contributed by atoms with Gasteiger partial charge in [0.1, 0.15) is 5.75 Å². The van der Waals surface area contributed by atoms with Gasteiger partial charge in [0, 0.05) is 23.1 Å². The average Bonchev–Trinajstić information content (AvgIpc) is 2.48. The van der Waals surface area contributed by atoms with E-state index < -0.39 is 0 Å². The smallest absolute Gasteiger partial charge is 0.123 e. The summed E-state index contributed by atoms with van der Waals surface area (Å²) in [7, 11) is 0. The van der Waals surface area contributed by atoms with Crippen molar-refractivity contribution in [3.05, 3.63) is 28.2 Å². The Labute approximate surface area is 136 Å². The van der Waals surface area contributed by atoms with Gasteiger partial charge in [-0.3, -0.25) is 0 Å². The standard InChI is InChI=1S/C17H26BrNO2/c1-2-9-21-17-8-7-15(18)10-14(17)12-19-11-13-5-3-4-6-16(13)20/h7-8,10,13,16,19-20H,2-6,9,11-12H2,1H3. The van der Waals surface area contributed by atoms with Gasteiger partial charge in [-0.05, 0) is 43.4 Å². The van der Waals surface area contributed by atoms with E-state index in [-0.39, 0.29) is 6.10 Å². The lowest BCUT2D eigenvalue weighted by atomic mass is 9.86. The summed E-state index contributed by atoms with van der Waals surface area (Å²) >= 11 is 3.52. The van der Waals surface area contributed by atoms with E-state index in [4.69, 9.17) is 4.74 Å². The Hall–Kier alpha value is -0.580. The third kappa shape index (κ3) is 5.28. The molecule has 2 unspecified atom stereocenters. The summed E-state index contributed by atoms with van der Waals surface area (Å²) in [6.45, 7) is 4.51. The van der Waals surface area contributed by atoms with Gasteiger partial charge in [0.2, 0.25) is 0 Å². The largest absolute Gasteiger partial charge is 0.493 e. The number of halogens is 1. The Morgan fingerprint density at radius 3 is 2.90 bits per heavy atom. The first-order valence-electron chi connectivity index (χ1n) is 8.00. The third-order valence-corrected chi connectivity index (χ3v) is 4.57. The van der Waals surface area contributed by atoms with Gasteiger partial charge < -0.3 is 15.2 Å². The van der Waals surface area contributed by atoms with E-state index in [2.05, 4.69) is 34.2 Å². The van der Waals surface area contributed by atoms with Crippen LogP contribution in [0.25, 0.3) is 0 Å². The minimum absolute atomic E-state index is 0.135. The molecule has 0 amide bonds. The van der Waals surface area contributed by atoms with Crippen molar-refractivity contribution in [1.29, 1.82) is 0 Å². The summed E-state index contributed by atoms with van der Waals surface area (Å²) in [5.74, 6) is 1.35. The molecule has 0 aromatic heterocycles. The zero-order valence-corrected chi connectivity index (χ0v) is 14.4. The monoisotopic (exact) mass is 355 g/mol. The molecule has 4 heteroatoms. The molecule has 2 rings (SSSR count). The second-order valence-corrected chi connectivity index (χ2v) is 6.76. The lowest BCUT2D eigenvalue weighted by Crippen LogP contribution is -2.33. The van der Waals surface area contributed by atoms with Gasteiger partial charge in [0.05, 0.1) is 12.7 Å². The summed E-state index contributed by atoms with van der Waals surface area (Å²) in [5, 5.41) is 13.5. The van der Waals surface area contributed by atoms with E-state index in [9.17, 15) is 5.11 Å². The minimum Gasteiger partial charge on any atom is -0.493 e. The topological polar surface area (TPSA) is 41.5 Å². The number of hydrogen-bond acceptors (Lipinski definition) is 3. The van der Waals surface area contributed by atoms with E-state index in [1.165, 1.54) is 12.0 Å². The van der Waals surface area contributed by atoms with Gasteiger partial charge >= 0.3 is 0 Å². The van der Waals surface area contributed by atoms with Crippen LogP contribution in [-0.2, 0) is 6.54 Å². The van der Waals surface area contributed by atoms with Crippen molar-refractivity contribution in [3.8, 4) is 5.75 Å². The molecule has 2 atom stereocenters. The highest BCUT2D eigenvalue weighted by Crippen LogP contribution is 2.25. The van der Waals surface area contributed by atoms with Crippen molar-refractivity contribution in [2.75, 3.05) is 13.2 Å². The van der Waals surface area contributed by atoms with Gasteiger partial charge in [-0.1, -0.05) is 35.7 Å². The van der Waals surface area contributed by atoms with Crippen molar-refractivity contribution in [2.24, 2.45) is 5.92 Å². The maximum atomic E-state index is 10.0. The molecule has 0 bridgehead atoms. The molecule has 0 saturated heterocycles. The first kappa shape index (κ1) is 16.8. The number of benzene rings is 1. The minimum atomic E-state index is -0.135. The third-order valence-electron chi connectivity index (χ3n) is 4.08. The second-order valence-electron chi connectivity index (χ2n) is 5.84. The van der Waals surface area contributed by atoms with E-state index in [0.29, 0.717) is 5.92 Å². The van der Waals surface area contributed by atoms with Crippen LogP contribution in [0.5, 0.6) is 5.75 Å². The van der Waals surface area contributed by atoms with Gasteiger partial charge in [0.15, 0.2) is 0 Å². The molecule has 0 heterocycles. The molecule has 2 N–H and O–H groups in total. The van der Waals surface area contributed by atoms with Crippen LogP contribution in [0.1, 0.15) is 44.6 Å². The fraction of sp³-hybridized carbons (Fsp3) is 0.647. The van der Waals surface area contributed by atoms with Crippen molar-refractivity contribution < 1.29 is 9.84 Å². The van der Waals surface area contributed by atoms with Gasteiger partial charge in [-0.15, -0.1) is 0 Å². The number of nitrogens with one attached hydrogen (secondary N) is 1. The van der Waals surface area contributed by atoms with Crippen LogP contribution in [0.2, 0.25) is 0 Å². The second kappa shape index (κ2) is 8.76. The van der Waals surface area contributed by atoms with Gasteiger partial charge in [0.25, 0.3) is 0 Å².